The van der Waals surface area contributed by atoms with Crippen molar-refractivity contribution in [2.75, 3.05) is 24.0 Å². The van der Waals surface area contributed by atoms with Crippen LogP contribution in [0, 0.1) is 20.8 Å². The predicted molar refractivity (Wildman–Crippen MR) is 349 cm³/mol. The number of hydrogen-bond donors (Lipinski definition) is 0. The number of aryl methyl sites for hydroxylation is 3. The molecule has 0 saturated carbocycles. The first kappa shape index (κ1) is 51.0. The highest BCUT2D eigenvalue weighted by atomic mass is 32.1. The number of para-hydroxylation sites is 4. The van der Waals surface area contributed by atoms with Crippen molar-refractivity contribution in [2.45, 2.75) is 20.8 Å². The smallest absolute Gasteiger partial charge is 0.267 e. The maximum absolute atomic E-state index is 5.70. The van der Waals surface area contributed by atoms with Crippen molar-refractivity contribution >= 4 is 120 Å². The van der Waals surface area contributed by atoms with Gasteiger partial charge in [-0.15, -0.1) is 45.3 Å². The van der Waals surface area contributed by atoms with Gasteiger partial charge in [-0.05, 0) is 162 Å². The van der Waals surface area contributed by atoms with Crippen LogP contribution in [0.5, 0.6) is 11.5 Å². The van der Waals surface area contributed by atoms with Gasteiger partial charge in [0, 0.05) is 64.4 Å². The summed E-state index contributed by atoms with van der Waals surface area (Å²) in [4.78, 5) is 7.16. The number of hydrogen-bond acceptors (Lipinski definition) is 8. The van der Waals surface area contributed by atoms with Gasteiger partial charge in [0.05, 0.1) is 23.6 Å². The van der Waals surface area contributed by atoms with E-state index in [0.717, 1.165) is 45.6 Å². The predicted octanol–water partition coefficient (Wildman–Crippen LogP) is 19.3. The first-order chi connectivity index (χ1) is 39.3. The Hall–Kier alpha value is -8.44. The summed E-state index contributed by atoms with van der Waals surface area (Å²) in [6, 6.07) is 87.7. The molecule has 0 atom stereocenters. The fourth-order valence-electron chi connectivity index (χ4n) is 11.3. The lowest BCUT2D eigenvalue weighted by atomic mass is 9.41. The first-order valence-corrected chi connectivity index (χ1v) is 30.1. The van der Waals surface area contributed by atoms with Crippen molar-refractivity contribution in [2.24, 2.45) is 0 Å². The fraction of sp³-hybridized carbons (Fsp3) is 0.0704. The minimum absolute atomic E-state index is 0.0200. The lowest BCUT2D eigenvalue weighted by Gasteiger charge is -2.25. The highest BCUT2D eigenvalue weighted by Crippen LogP contribution is 2.50. The molecule has 0 amide bonds. The third kappa shape index (κ3) is 9.71. The number of anilines is 6. The van der Waals surface area contributed by atoms with E-state index in [-0.39, 0.29) is 6.71 Å². The zero-order chi connectivity index (χ0) is 54.3. The van der Waals surface area contributed by atoms with Crippen molar-refractivity contribution in [1.29, 1.82) is 0 Å². The number of benzene rings is 9. The second-order valence-corrected chi connectivity index (χ2v) is 24.4. The number of methoxy groups -OCH3 is 2. The zero-order valence-corrected chi connectivity index (χ0v) is 48.3. The summed E-state index contributed by atoms with van der Waals surface area (Å²) >= 11 is 7.68. The van der Waals surface area contributed by atoms with Crippen molar-refractivity contribution in [3.05, 3.63) is 259 Å². The minimum Gasteiger partial charge on any atom is -0.497 e. The minimum atomic E-state index is 0.0200. The van der Waals surface area contributed by atoms with Crippen LogP contribution in [0.15, 0.2) is 243 Å². The van der Waals surface area contributed by atoms with E-state index in [4.69, 9.17) is 9.47 Å². The van der Waals surface area contributed by atoms with Crippen molar-refractivity contribution in [1.82, 2.24) is 0 Å². The topological polar surface area (TPSA) is 24.9 Å². The standard InChI is InChI=1S/C71H55BN2O2S4/c1-46-42-47(2)67(48(3)43-46)72(63-44-61-70(79-63)65(49-30-38-59(75-4)39-31-49)68(77-61)51-26-34-57(35-27-51)73(53-18-10-6-11-19-53)54-20-12-7-13-21-54)64-45-62-71(80-64)66(50-32-40-60(76-5)41-33-50)69(78-62)52-28-36-58(37-29-52)74(55-22-14-8-15-23-55)56-24-16-9-17-25-56/h6-45H,1-5H3. The van der Waals surface area contributed by atoms with E-state index in [1.807, 2.05) is 45.3 Å². The summed E-state index contributed by atoms with van der Waals surface area (Å²) in [6.07, 6.45) is 0. The number of rotatable bonds is 15. The van der Waals surface area contributed by atoms with Crippen LogP contribution in [0.2, 0.25) is 0 Å². The van der Waals surface area contributed by atoms with Gasteiger partial charge in [0.1, 0.15) is 11.5 Å². The van der Waals surface area contributed by atoms with E-state index >= 15 is 0 Å². The van der Waals surface area contributed by atoms with E-state index in [9.17, 15) is 0 Å². The number of thiophene rings is 4. The lowest BCUT2D eigenvalue weighted by Crippen LogP contribution is -2.51. The average Bonchev–Trinajstić information content (AvgIpc) is 4.38. The Bertz CT molecular complexity index is 3920. The van der Waals surface area contributed by atoms with Gasteiger partial charge in [0.2, 0.25) is 0 Å². The van der Waals surface area contributed by atoms with Gasteiger partial charge in [0.25, 0.3) is 6.71 Å². The maximum atomic E-state index is 5.70. The molecule has 13 aromatic rings. The molecular formula is C71H55BN2O2S4. The number of ether oxygens (including phenoxy) is 2. The molecule has 9 aromatic carbocycles. The van der Waals surface area contributed by atoms with E-state index in [2.05, 4.69) is 273 Å². The van der Waals surface area contributed by atoms with Crippen LogP contribution in [0.4, 0.5) is 34.1 Å². The van der Waals surface area contributed by atoms with Crippen molar-refractivity contribution in [3.63, 3.8) is 0 Å². The Kier molecular flexibility index (Phi) is 14.0. The summed E-state index contributed by atoms with van der Waals surface area (Å²) in [7, 11) is 3.47. The molecule has 0 saturated heterocycles. The largest absolute Gasteiger partial charge is 0.497 e. The van der Waals surface area contributed by atoms with Gasteiger partial charge in [-0.2, -0.15) is 0 Å². The van der Waals surface area contributed by atoms with Gasteiger partial charge in [-0.1, -0.05) is 156 Å². The van der Waals surface area contributed by atoms with Crippen LogP contribution in [-0.4, -0.2) is 20.9 Å². The maximum Gasteiger partial charge on any atom is 0.267 e. The summed E-state index contributed by atoms with van der Waals surface area (Å²) in [5, 5.41) is 0. The third-order valence-electron chi connectivity index (χ3n) is 15.0. The Labute approximate surface area is 484 Å². The van der Waals surface area contributed by atoms with Crippen LogP contribution in [0.25, 0.3) is 61.9 Å². The summed E-state index contributed by atoms with van der Waals surface area (Å²) in [5.41, 5.74) is 19.2. The quantitative estimate of drug-likeness (QED) is 0.0955. The van der Waals surface area contributed by atoms with Gasteiger partial charge in [-0.25, -0.2) is 0 Å². The molecule has 0 aliphatic rings. The molecule has 4 heterocycles. The van der Waals surface area contributed by atoms with E-state index in [1.165, 1.54) is 93.6 Å². The van der Waals surface area contributed by atoms with Gasteiger partial charge < -0.3 is 19.3 Å². The lowest BCUT2D eigenvalue weighted by molar-refractivity contribution is 0.415. The monoisotopic (exact) mass is 1110 g/mol. The molecule has 4 aromatic heterocycles. The third-order valence-corrected chi connectivity index (χ3v) is 20.0. The molecule has 0 bridgehead atoms. The Morgan fingerprint density at radius 1 is 0.338 bits per heavy atom. The Balaban J connectivity index is 0.943. The number of nitrogens with zero attached hydrogens (tertiary/aromatic N) is 2. The molecule has 0 unspecified atom stereocenters. The molecule has 0 N–H and O–H groups in total. The summed E-state index contributed by atoms with van der Waals surface area (Å²) in [6.45, 7) is 6.84. The molecule has 0 spiro atoms. The summed E-state index contributed by atoms with van der Waals surface area (Å²) in [5.74, 6) is 1.69. The fourth-order valence-corrected chi connectivity index (χ4v) is 17.1. The van der Waals surface area contributed by atoms with Crippen LogP contribution in [0.3, 0.4) is 0 Å². The van der Waals surface area contributed by atoms with E-state index < -0.39 is 0 Å². The van der Waals surface area contributed by atoms with Crippen molar-refractivity contribution < 1.29 is 9.47 Å². The second kappa shape index (κ2) is 22.0. The van der Waals surface area contributed by atoms with Gasteiger partial charge >= 0.3 is 0 Å². The first-order valence-electron chi connectivity index (χ1n) is 26.8. The highest BCUT2D eigenvalue weighted by Gasteiger charge is 2.33. The highest BCUT2D eigenvalue weighted by molar-refractivity contribution is 7.42. The zero-order valence-electron chi connectivity index (χ0n) is 45.0. The van der Waals surface area contributed by atoms with E-state index in [0.29, 0.717) is 0 Å². The van der Waals surface area contributed by atoms with Gasteiger partial charge in [0.15, 0.2) is 0 Å². The van der Waals surface area contributed by atoms with Crippen LogP contribution in [0.1, 0.15) is 16.7 Å². The molecular weight excluding hydrogens is 1050 g/mol. The summed E-state index contributed by atoms with van der Waals surface area (Å²) < 4.78 is 19.3. The molecule has 0 aliphatic carbocycles. The van der Waals surface area contributed by atoms with Crippen LogP contribution < -0.4 is 34.3 Å². The molecule has 9 heteroatoms. The molecule has 388 valence electrons. The van der Waals surface area contributed by atoms with E-state index in [1.54, 1.807) is 14.2 Å². The van der Waals surface area contributed by atoms with Crippen LogP contribution in [-0.2, 0) is 0 Å². The molecule has 0 aliphatic heterocycles. The number of fused-ring (bicyclic) bond motifs is 2. The average molecular weight is 1110 g/mol. The molecule has 0 fully saturated rings. The van der Waals surface area contributed by atoms with Crippen LogP contribution >= 0.6 is 45.3 Å². The van der Waals surface area contributed by atoms with Gasteiger partial charge in [-0.3, -0.25) is 0 Å². The molecule has 0 radical (unpaired) electrons. The van der Waals surface area contributed by atoms with Crippen molar-refractivity contribution in [3.8, 4) is 54.6 Å². The Morgan fingerprint density at radius 2 is 0.650 bits per heavy atom. The SMILES string of the molecule is COc1ccc(-c2c(-c3ccc(N(c4ccccc4)c4ccccc4)cc3)sc3cc(B(c4cc5sc(-c6ccc(N(c7ccccc7)c7ccccc7)cc6)c(-c6ccc(OC)cc6)c5s4)c4c(C)cc(C)cc4C)sc23)cc1. The molecule has 13 rings (SSSR count). The Morgan fingerprint density at radius 3 is 0.975 bits per heavy atom. The second-order valence-electron chi connectivity index (χ2n) is 20.1. The normalized spacial score (nSPS) is 11.3. The molecule has 4 nitrogen and oxygen atoms in total. The molecule has 80 heavy (non-hydrogen) atoms.